The Morgan fingerprint density at radius 1 is 1.38 bits per heavy atom. The fraction of sp³-hybridized carbons (Fsp3) is 0.500. The Kier molecular flexibility index (Phi) is 7.66. The number of nitrogens with one attached hydrogen (secondary N) is 2. The van der Waals surface area contributed by atoms with Crippen LogP contribution in [0.3, 0.4) is 0 Å². The Hall–Kier alpha value is -1.85. The molecule has 142 valence electrons. The molecule has 1 aromatic carbocycles. The number of aromatic nitrogens is 2. The van der Waals surface area contributed by atoms with E-state index in [0.717, 1.165) is 24.3 Å². The zero-order valence-corrected chi connectivity index (χ0v) is 16.3. The molecule has 0 spiro atoms. The number of carbonyl (C=O) groups excluding carboxylic acids is 1. The number of halogens is 1. The molecule has 1 fully saturated rings. The lowest BCUT2D eigenvalue weighted by molar-refractivity contribution is -0.123. The second-order valence-electron chi connectivity index (χ2n) is 7.12. The number of amides is 1. The highest BCUT2D eigenvalue weighted by atomic mass is 35.5. The molecule has 1 aliphatic rings. The highest BCUT2D eigenvalue weighted by Crippen LogP contribution is 2.23. The monoisotopic (exact) mass is 376 g/mol. The van der Waals surface area contributed by atoms with Crippen molar-refractivity contribution in [3.63, 3.8) is 0 Å². The van der Waals surface area contributed by atoms with Gasteiger partial charge in [0.05, 0.1) is 11.7 Å². The van der Waals surface area contributed by atoms with Gasteiger partial charge < -0.3 is 10.6 Å². The number of nitrogens with zero attached hydrogens (tertiary/aromatic N) is 2. The lowest BCUT2D eigenvalue weighted by Crippen LogP contribution is -2.36. The predicted octanol–water partition coefficient (Wildman–Crippen LogP) is 3.50. The quantitative estimate of drug-likeness (QED) is 0.811. The van der Waals surface area contributed by atoms with Gasteiger partial charge >= 0.3 is 0 Å². The number of hydrogen-bond donors (Lipinski definition) is 2. The van der Waals surface area contributed by atoms with Gasteiger partial charge in [0.2, 0.25) is 5.91 Å². The summed E-state index contributed by atoms with van der Waals surface area (Å²) in [5, 5.41) is 10.8. The van der Waals surface area contributed by atoms with E-state index in [1.165, 1.54) is 12.8 Å². The lowest BCUT2D eigenvalue weighted by atomic mass is 9.85. The molecule has 2 aromatic rings. The second-order valence-corrected chi connectivity index (χ2v) is 7.12. The Balaban J connectivity index is 0.00000243. The molecule has 1 aliphatic heterocycles. The number of hydrogen-bond acceptors (Lipinski definition) is 3. The second kappa shape index (κ2) is 9.74. The minimum Gasteiger partial charge on any atom is -0.350 e. The standard InChI is InChI=1S/C20H28N4O.ClH/c1-15(18-7-4-9-21-14-18)12-20(25)23-16(2)17-6-3-8-19(13-17)24-11-5-10-22-24;/h3,5-6,8,10-11,13,15-16,18,21H,4,7,9,12,14H2,1-2H3,(H,23,25);1H. The van der Waals surface area contributed by atoms with E-state index in [1.807, 2.05) is 42.1 Å². The van der Waals surface area contributed by atoms with Gasteiger partial charge in [-0.15, -0.1) is 12.4 Å². The summed E-state index contributed by atoms with van der Waals surface area (Å²) in [5.74, 6) is 1.16. The third-order valence-corrected chi connectivity index (χ3v) is 5.16. The predicted molar refractivity (Wildman–Crippen MR) is 107 cm³/mol. The van der Waals surface area contributed by atoms with Crippen LogP contribution in [0.25, 0.3) is 5.69 Å². The SMILES string of the molecule is CC(NC(=O)CC(C)C1CCCNC1)c1cccc(-n2cccn2)c1.Cl. The number of piperidine rings is 1. The Morgan fingerprint density at radius 3 is 2.92 bits per heavy atom. The molecular weight excluding hydrogens is 348 g/mol. The first-order chi connectivity index (χ1) is 12.1. The van der Waals surface area contributed by atoms with E-state index in [1.54, 1.807) is 6.20 Å². The molecule has 0 saturated carbocycles. The minimum absolute atomic E-state index is 0. The molecule has 2 heterocycles. The van der Waals surface area contributed by atoms with Crippen LogP contribution in [0.1, 0.15) is 44.7 Å². The van der Waals surface area contributed by atoms with E-state index in [0.29, 0.717) is 18.3 Å². The summed E-state index contributed by atoms with van der Waals surface area (Å²) in [5.41, 5.74) is 2.10. The molecule has 26 heavy (non-hydrogen) atoms. The minimum atomic E-state index is -0.0142. The molecule has 1 aromatic heterocycles. The summed E-state index contributed by atoms with van der Waals surface area (Å²) >= 11 is 0. The van der Waals surface area contributed by atoms with Gasteiger partial charge in [0.15, 0.2) is 0 Å². The van der Waals surface area contributed by atoms with Crippen molar-refractivity contribution in [2.75, 3.05) is 13.1 Å². The zero-order chi connectivity index (χ0) is 17.6. The van der Waals surface area contributed by atoms with Gasteiger partial charge in [0, 0.05) is 18.8 Å². The molecule has 3 rings (SSSR count). The molecule has 6 heteroatoms. The Labute approximate surface area is 162 Å². The molecule has 3 unspecified atom stereocenters. The fourth-order valence-corrected chi connectivity index (χ4v) is 3.57. The van der Waals surface area contributed by atoms with Gasteiger partial charge in [-0.2, -0.15) is 5.10 Å². The summed E-state index contributed by atoms with van der Waals surface area (Å²) in [7, 11) is 0. The topological polar surface area (TPSA) is 59.0 Å². The van der Waals surface area contributed by atoms with Crippen LogP contribution < -0.4 is 10.6 Å². The summed E-state index contributed by atoms with van der Waals surface area (Å²) in [6.45, 7) is 6.38. The van der Waals surface area contributed by atoms with Crippen LogP contribution in [-0.4, -0.2) is 28.8 Å². The third kappa shape index (κ3) is 5.32. The molecule has 0 bridgehead atoms. The van der Waals surface area contributed by atoms with E-state index in [-0.39, 0.29) is 24.4 Å². The third-order valence-electron chi connectivity index (χ3n) is 5.16. The molecule has 0 aliphatic carbocycles. The number of benzene rings is 1. The first-order valence-electron chi connectivity index (χ1n) is 9.23. The van der Waals surface area contributed by atoms with Crippen LogP contribution >= 0.6 is 12.4 Å². The van der Waals surface area contributed by atoms with Crippen molar-refractivity contribution in [1.82, 2.24) is 20.4 Å². The smallest absolute Gasteiger partial charge is 0.220 e. The van der Waals surface area contributed by atoms with Crippen LogP contribution in [0.5, 0.6) is 0 Å². The van der Waals surface area contributed by atoms with Crippen LogP contribution in [-0.2, 0) is 4.79 Å². The van der Waals surface area contributed by atoms with Gasteiger partial charge in [-0.3, -0.25) is 4.79 Å². The highest BCUT2D eigenvalue weighted by Gasteiger charge is 2.22. The van der Waals surface area contributed by atoms with E-state index in [4.69, 9.17) is 0 Å². The molecular formula is C20H29ClN4O. The van der Waals surface area contributed by atoms with Crippen molar-refractivity contribution < 1.29 is 4.79 Å². The van der Waals surface area contributed by atoms with Crippen molar-refractivity contribution in [2.24, 2.45) is 11.8 Å². The average Bonchev–Trinajstić information content (AvgIpc) is 3.17. The maximum absolute atomic E-state index is 12.4. The molecule has 3 atom stereocenters. The van der Waals surface area contributed by atoms with Gasteiger partial charge in [-0.1, -0.05) is 19.1 Å². The van der Waals surface area contributed by atoms with Gasteiger partial charge in [-0.25, -0.2) is 4.68 Å². The van der Waals surface area contributed by atoms with Crippen LogP contribution in [0, 0.1) is 11.8 Å². The van der Waals surface area contributed by atoms with Crippen LogP contribution in [0.4, 0.5) is 0 Å². The molecule has 1 saturated heterocycles. The summed E-state index contributed by atoms with van der Waals surface area (Å²) in [4.78, 5) is 12.4. The molecule has 5 nitrogen and oxygen atoms in total. The van der Waals surface area contributed by atoms with Crippen LogP contribution in [0.2, 0.25) is 0 Å². The van der Waals surface area contributed by atoms with Crippen LogP contribution in [0.15, 0.2) is 42.7 Å². The molecule has 1 amide bonds. The Bertz CT molecular complexity index is 683. The molecule has 2 N–H and O–H groups in total. The normalized spacial score (nSPS) is 19.2. The first-order valence-corrected chi connectivity index (χ1v) is 9.23. The van der Waals surface area contributed by atoms with E-state index in [9.17, 15) is 4.79 Å². The van der Waals surface area contributed by atoms with Crippen molar-refractivity contribution in [2.45, 2.75) is 39.2 Å². The lowest BCUT2D eigenvalue weighted by Gasteiger charge is -2.28. The maximum atomic E-state index is 12.4. The summed E-state index contributed by atoms with van der Waals surface area (Å²) in [6.07, 6.45) is 6.72. The van der Waals surface area contributed by atoms with E-state index in [2.05, 4.69) is 28.7 Å². The van der Waals surface area contributed by atoms with Gasteiger partial charge in [-0.05, 0) is 68.5 Å². The van der Waals surface area contributed by atoms with Crippen molar-refractivity contribution in [3.05, 3.63) is 48.3 Å². The zero-order valence-electron chi connectivity index (χ0n) is 15.5. The maximum Gasteiger partial charge on any atom is 0.220 e. The van der Waals surface area contributed by atoms with Gasteiger partial charge in [0.1, 0.15) is 0 Å². The van der Waals surface area contributed by atoms with Crippen molar-refractivity contribution in [1.29, 1.82) is 0 Å². The van der Waals surface area contributed by atoms with E-state index >= 15 is 0 Å². The largest absolute Gasteiger partial charge is 0.350 e. The van der Waals surface area contributed by atoms with Crippen molar-refractivity contribution in [3.8, 4) is 5.69 Å². The van der Waals surface area contributed by atoms with E-state index < -0.39 is 0 Å². The summed E-state index contributed by atoms with van der Waals surface area (Å²) in [6, 6.07) is 10.0. The Morgan fingerprint density at radius 2 is 2.23 bits per heavy atom. The van der Waals surface area contributed by atoms with Crippen molar-refractivity contribution >= 4 is 18.3 Å². The summed E-state index contributed by atoms with van der Waals surface area (Å²) < 4.78 is 1.83. The molecule has 0 radical (unpaired) electrons. The van der Waals surface area contributed by atoms with Gasteiger partial charge in [0.25, 0.3) is 0 Å². The number of carbonyl (C=O) groups is 1. The number of rotatable bonds is 6. The fourth-order valence-electron chi connectivity index (χ4n) is 3.57. The average molecular weight is 377 g/mol. The highest BCUT2D eigenvalue weighted by molar-refractivity contribution is 5.85. The first kappa shape index (κ1) is 20.5.